The minimum atomic E-state index is 0.113. The van der Waals surface area contributed by atoms with Gasteiger partial charge in [-0.2, -0.15) is 0 Å². The second-order valence-electron chi connectivity index (χ2n) is 7.01. The van der Waals surface area contributed by atoms with E-state index in [2.05, 4.69) is 31.8 Å². The summed E-state index contributed by atoms with van der Waals surface area (Å²) in [5.41, 5.74) is 1.01. The van der Waals surface area contributed by atoms with E-state index in [1.54, 1.807) is 13.2 Å². The van der Waals surface area contributed by atoms with E-state index in [1.807, 2.05) is 12.1 Å². The van der Waals surface area contributed by atoms with E-state index in [0.717, 1.165) is 69.3 Å². The fourth-order valence-electron chi connectivity index (χ4n) is 3.73. The largest absolute Gasteiger partial charge is 0.504 e. The third-order valence-electron chi connectivity index (χ3n) is 5.24. The molecule has 1 aromatic carbocycles. The smallest absolute Gasteiger partial charge is 0.162 e. The normalized spacial score (nSPS) is 20.7. The molecule has 1 saturated heterocycles. The molecule has 2 aliphatic rings. The van der Waals surface area contributed by atoms with Gasteiger partial charge in [0.2, 0.25) is 0 Å². The van der Waals surface area contributed by atoms with Gasteiger partial charge < -0.3 is 19.1 Å². The lowest BCUT2D eigenvalue weighted by Gasteiger charge is -2.17. The average molecular weight is 370 g/mol. The predicted octanol–water partition coefficient (Wildman–Crippen LogP) is 2.42. The van der Waals surface area contributed by atoms with Gasteiger partial charge in [0.25, 0.3) is 0 Å². The van der Waals surface area contributed by atoms with Crippen molar-refractivity contribution in [2.45, 2.75) is 31.9 Å². The topological polar surface area (TPSA) is 72.6 Å². The second-order valence-corrected chi connectivity index (χ2v) is 7.01. The molecule has 2 aromatic rings. The third-order valence-corrected chi connectivity index (χ3v) is 5.24. The minimum Gasteiger partial charge on any atom is -0.504 e. The Balaban J connectivity index is 1.36. The van der Waals surface area contributed by atoms with Gasteiger partial charge >= 0.3 is 0 Å². The van der Waals surface area contributed by atoms with Crippen molar-refractivity contribution in [2.75, 3.05) is 33.4 Å². The van der Waals surface area contributed by atoms with Crippen LogP contribution in [0.1, 0.15) is 36.2 Å². The number of aromatic hydroxyl groups is 1. The third kappa shape index (κ3) is 3.99. The summed E-state index contributed by atoms with van der Waals surface area (Å²) in [7, 11) is 1.56. The standard InChI is InChI=1S/C20H26N4O3/c1-26-18-14-15(6-7-16(18)25)4-2-9-23-10-8-19-21-22-20(24(19)12-11-23)17-5-3-13-27-17/h2,4,6-7,14,17,25H,3,5,8-13H2,1H3/b4-2+. The first-order valence-corrected chi connectivity index (χ1v) is 9.54. The lowest BCUT2D eigenvalue weighted by Crippen LogP contribution is -2.27. The van der Waals surface area contributed by atoms with E-state index in [9.17, 15) is 5.11 Å². The van der Waals surface area contributed by atoms with Crippen molar-refractivity contribution in [1.29, 1.82) is 0 Å². The maximum Gasteiger partial charge on any atom is 0.162 e. The molecule has 3 heterocycles. The van der Waals surface area contributed by atoms with Crippen LogP contribution >= 0.6 is 0 Å². The van der Waals surface area contributed by atoms with Crippen molar-refractivity contribution in [2.24, 2.45) is 0 Å². The first kappa shape index (κ1) is 18.0. The zero-order valence-electron chi connectivity index (χ0n) is 15.7. The van der Waals surface area contributed by atoms with Crippen LogP contribution in [0.4, 0.5) is 0 Å². The fourth-order valence-corrected chi connectivity index (χ4v) is 3.73. The molecule has 1 atom stereocenters. The number of hydrogen-bond donors (Lipinski definition) is 1. The average Bonchev–Trinajstić information content (AvgIpc) is 3.30. The summed E-state index contributed by atoms with van der Waals surface area (Å²) in [4.78, 5) is 2.42. The van der Waals surface area contributed by atoms with Gasteiger partial charge in [-0.1, -0.05) is 18.2 Å². The van der Waals surface area contributed by atoms with Gasteiger partial charge in [-0.3, -0.25) is 4.90 Å². The lowest BCUT2D eigenvalue weighted by atomic mass is 10.2. The summed E-state index contributed by atoms with van der Waals surface area (Å²) in [5, 5.41) is 18.5. The lowest BCUT2D eigenvalue weighted by molar-refractivity contribution is 0.101. The Labute approximate surface area is 159 Å². The van der Waals surface area contributed by atoms with E-state index >= 15 is 0 Å². The maximum atomic E-state index is 9.68. The highest BCUT2D eigenvalue weighted by atomic mass is 16.5. The number of nitrogens with zero attached hydrogens (tertiary/aromatic N) is 4. The van der Waals surface area contributed by atoms with Crippen molar-refractivity contribution >= 4 is 6.08 Å². The molecule has 0 spiro atoms. The van der Waals surface area contributed by atoms with Gasteiger partial charge in [0.1, 0.15) is 11.9 Å². The van der Waals surface area contributed by atoms with Gasteiger partial charge in [-0.15, -0.1) is 10.2 Å². The molecule has 1 unspecified atom stereocenters. The molecule has 1 fully saturated rings. The van der Waals surface area contributed by atoms with Crippen LogP contribution in [0, 0.1) is 0 Å². The summed E-state index contributed by atoms with van der Waals surface area (Å²) in [6.45, 7) is 4.53. The van der Waals surface area contributed by atoms with Crippen molar-refractivity contribution < 1.29 is 14.6 Å². The summed E-state index contributed by atoms with van der Waals surface area (Å²) in [5.74, 6) is 2.71. The Morgan fingerprint density at radius 2 is 2.22 bits per heavy atom. The van der Waals surface area contributed by atoms with Crippen molar-refractivity contribution in [3.05, 3.63) is 41.5 Å². The zero-order valence-corrected chi connectivity index (χ0v) is 15.7. The van der Waals surface area contributed by atoms with Gasteiger partial charge in [-0.05, 0) is 30.5 Å². The Kier molecular flexibility index (Phi) is 5.40. The number of hydrogen-bond acceptors (Lipinski definition) is 6. The quantitative estimate of drug-likeness (QED) is 0.871. The highest BCUT2D eigenvalue weighted by Crippen LogP contribution is 2.28. The van der Waals surface area contributed by atoms with E-state index in [4.69, 9.17) is 9.47 Å². The van der Waals surface area contributed by atoms with Crippen molar-refractivity contribution in [3.8, 4) is 11.5 Å². The first-order chi connectivity index (χ1) is 13.2. The fraction of sp³-hybridized carbons (Fsp3) is 0.500. The number of phenolic OH excluding ortho intramolecular Hbond substituents is 1. The van der Waals surface area contributed by atoms with Gasteiger partial charge in [0, 0.05) is 39.2 Å². The van der Waals surface area contributed by atoms with Crippen LogP contribution in [0.25, 0.3) is 6.08 Å². The van der Waals surface area contributed by atoms with Gasteiger partial charge in [0.15, 0.2) is 17.3 Å². The molecule has 0 amide bonds. The molecule has 0 aliphatic carbocycles. The van der Waals surface area contributed by atoms with E-state index in [-0.39, 0.29) is 11.9 Å². The van der Waals surface area contributed by atoms with Gasteiger partial charge in [-0.25, -0.2) is 0 Å². The number of methoxy groups -OCH3 is 1. The Morgan fingerprint density at radius 3 is 3.04 bits per heavy atom. The van der Waals surface area contributed by atoms with E-state index < -0.39 is 0 Å². The molecule has 2 aliphatic heterocycles. The molecular weight excluding hydrogens is 344 g/mol. The van der Waals surface area contributed by atoms with Crippen LogP contribution in [-0.2, 0) is 17.7 Å². The van der Waals surface area contributed by atoms with Crippen LogP contribution in [0.5, 0.6) is 11.5 Å². The number of phenols is 1. The molecular formula is C20H26N4O3. The number of aromatic nitrogens is 3. The van der Waals surface area contributed by atoms with Gasteiger partial charge in [0.05, 0.1) is 7.11 Å². The second kappa shape index (κ2) is 8.10. The zero-order chi connectivity index (χ0) is 18.6. The molecule has 0 saturated carbocycles. The summed E-state index contributed by atoms with van der Waals surface area (Å²) >= 11 is 0. The summed E-state index contributed by atoms with van der Waals surface area (Å²) in [6.07, 6.45) is 7.37. The monoisotopic (exact) mass is 370 g/mol. The Hall–Kier alpha value is -2.38. The molecule has 27 heavy (non-hydrogen) atoms. The van der Waals surface area contributed by atoms with Crippen molar-refractivity contribution in [1.82, 2.24) is 19.7 Å². The highest BCUT2D eigenvalue weighted by molar-refractivity contribution is 5.55. The highest BCUT2D eigenvalue weighted by Gasteiger charge is 2.26. The molecule has 0 bridgehead atoms. The number of rotatable bonds is 5. The molecule has 0 radical (unpaired) electrons. The summed E-state index contributed by atoms with van der Waals surface area (Å²) < 4.78 is 13.2. The maximum absolute atomic E-state index is 9.68. The summed E-state index contributed by atoms with van der Waals surface area (Å²) in [6, 6.07) is 5.37. The SMILES string of the molecule is COc1cc(/C=C/CN2CCc3nnc(C4CCCO4)n3CC2)ccc1O. The number of benzene rings is 1. The minimum absolute atomic E-state index is 0.113. The first-order valence-electron chi connectivity index (χ1n) is 9.54. The van der Waals surface area contributed by atoms with Crippen LogP contribution in [0.15, 0.2) is 24.3 Å². The Morgan fingerprint density at radius 1 is 1.30 bits per heavy atom. The van der Waals surface area contributed by atoms with Crippen LogP contribution in [0.3, 0.4) is 0 Å². The number of ether oxygens (including phenoxy) is 2. The van der Waals surface area contributed by atoms with Crippen LogP contribution < -0.4 is 4.74 Å². The molecule has 1 N–H and O–H groups in total. The molecule has 4 rings (SSSR count). The Bertz CT molecular complexity index is 812. The predicted molar refractivity (Wildman–Crippen MR) is 102 cm³/mol. The number of fused-ring (bicyclic) bond motifs is 1. The molecule has 7 heteroatoms. The molecule has 144 valence electrons. The van der Waals surface area contributed by atoms with E-state index in [1.165, 1.54) is 0 Å². The van der Waals surface area contributed by atoms with E-state index in [0.29, 0.717) is 5.75 Å². The van der Waals surface area contributed by atoms with Crippen LogP contribution in [-0.4, -0.2) is 58.1 Å². The molecule has 1 aromatic heterocycles. The molecule has 7 nitrogen and oxygen atoms in total. The van der Waals surface area contributed by atoms with Crippen LogP contribution in [0.2, 0.25) is 0 Å². The van der Waals surface area contributed by atoms with Crippen molar-refractivity contribution in [3.63, 3.8) is 0 Å².